The maximum absolute atomic E-state index is 12.4. The summed E-state index contributed by atoms with van der Waals surface area (Å²) in [5.41, 5.74) is 1.46. The fourth-order valence-electron chi connectivity index (χ4n) is 3.78. The topological polar surface area (TPSA) is 65.5 Å². The third-order valence-corrected chi connectivity index (χ3v) is 5.54. The van der Waals surface area contributed by atoms with Crippen LogP contribution in [0.15, 0.2) is 60.9 Å². The minimum Gasteiger partial charge on any atom is -0.475 e. The third kappa shape index (κ3) is 7.43. The van der Waals surface area contributed by atoms with Crippen molar-refractivity contribution in [1.82, 2.24) is 15.3 Å². The van der Waals surface area contributed by atoms with Crippen LogP contribution < -0.4 is 14.8 Å². The number of benzene rings is 2. The Balaban J connectivity index is 1.13. The van der Waals surface area contributed by atoms with E-state index >= 15 is 0 Å². The molecule has 0 saturated heterocycles. The number of hydrogen-bond acceptors (Lipinski definition) is 6. The molecule has 4 rings (SSSR count). The van der Waals surface area contributed by atoms with E-state index in [2.05, 4.69) is 20.0 Å². The van der Waals surface area contributed by atoms with Crippen molar-refractivity contribution in [2.45, 2.75) is 25.7 Å². The molecule has 0 radical (unpaired) electrons. The Kier molecular flexibility index (Phi) is 8.79. The van der Waals surface area contributed by atoms with Crippen LogP contribution in [-0.2, 0) is 11.3 Å². The van der Waals surface area contributed by atoms with Crippen molar-refractivity contribution in [2.75, 3.05) is 26.4 Å². The van der Waals surface area contributed by atoms with Gasteiger partial charge >= 0.3 is 6.36 Å². The Hall–Kier alpha value is -3.14. The summed E-state index contributed by atoms with van der Waals surface area (Å²) >= 11 is 5.89. The summed E-state index contributed by atoms with van der Waals surface area (Å²) in [6.45, 7) is 2.44. The first-order chi connectivity index (χ1) is 17.4. The second kappa shape index (κ2) is 12.2. The molecule has 10 heteroatoms. The summed E-state index contributed by atoms with van der Waals surface area (Å²) in [5.74, 6) is 0.231. The largest absolute Gasteiger partial charge is 0.573 e. The van der Waals surface area contributed by atoms with Gasteiger partial charge in [0.15, 0.2) is 0 Å². The number of hydrogen-bond donors (Lipinski definition) is 1. The number of nitrogens with one attached hydrogen (secondary N) is 1. The third-order valence-electron chi connectivity index (χ3n) is 5.32. The van der Waals surface area contributed by atoms with E-state index in [1.54, 1.807) is 12.3 Å². The molecule has 0 bridgehead atoms. The van der Waals surface area contributed by atoms with Gasteiger partial charge in [-0.1, -0.05) is 29.8 Å². The van der Waals surface area contributed by atoms with E-state index in [0.29, 0.717) is 44.4 Å². The van der Waals surface area contributed by atoms with E-state index < -0.39 is 6.36 Å². The number of rotatable bonds is 12. The fourth-order valence-corrected chi connectivity index (χ4v) is 4.02. The van der Waals surface area contributed by atoms with Gasteiger partial charge in [-0.25, -0.2) is 4.98 Å². The zero-order valence-electron chi connectivity index (χ0n) is 19.4. The molecule has 0 aliphatic rings. The number of nitrogens with zero attached hydrogens (tertiary/aromatic N) is 2. The highest BCUT2D eigenvalue weighted by Gasteiger charge is 2.31. The molecule has 0 aliphatic carbocycles. The molecule has 0 fully saturated rings. The number of aromatic nitrogens is 2. The number of pyridine rings is 2. The first kappa shape index (κ1) is 25.9. The molecule has 0 atom stereocenters. The van der Waals surface area contributed by atoms with E-state index in [4.69, 9.17) is 21.1 Å². The molecular formula is C26H25ClF3N3O3. The minimum atomic E-state index is -4.75. The second-order valence-corrected chi connectivity index (χ2v) is 8.48. The van der Waals surface area contributed by atoms with Crippen molar-refractivity contribution < 1.29 is 27.4 Å². The molecule has 0 spiro atoms. The number of para-hydroxylation sites is 1. The second-order valence-electron chi connectivity index (χ2n) is 8.04. The van der Waals surface area contributed by atoms with E-state index in [1.807, 2.05) is 36.5 Å². The number of fused-ring (bicyclic) bond motifs is 3. The van der Waals surface area contributed by atoms with Crippen LogP contribution in [0.4, 0.5) is 13.2 Å². The molecule has 2 aromatic heterocycles. The fraction of sp³-hybridized carbons (Fsp3) is 0.308. The Bertz CT molecular complexity index is 1300. The number of alkyl halides is 3. The summed E-state index contributed by atoms with van der Waals surface area (Å²) in [5, 5.41) is 6.31. The van der Waals surface area contributed by atoms with E-state index in [0.717, 1.165) is 40.6 Å². The molecule has 0 aliphatic heterocycles. The Morgan fingerprint density at radius 3 is 2.64 bits per heavy atom. The summed E-state index contributed by atoms with van der Waals surface area (Å²) in [4.78, 5) is 8.87. The Morgan fingerprint density at radius 1 is 0.917 bits per heavy atom. The van der Waals surface area contributed by atoms with Crippen LogP contribution in [0.25, 0.3) is 21.7 Å². The van der Waals surface area contributed by atoms with Gasteiger partial charge in [-0.15, -0.1) is 13.2 Å². The zero-order valence-corrected chi connectivity index (χ0v) is 20.1. The van der Waals surface area contributed by atoms with Gasteiger partial charge in [-0.3, -0.25) is 4.98 Å². The lowest BCUT2D eigenvalue weighted by Crippen LogP contribution is -2.18. The lowest BCUT2D eigenvalue weighted by molar-refractivity contribution is -0.274. The molecule has 190 valence electrons. The van der Waals surface area contributed by atoms with Crippen LogP contribution in [0.3, 0.4) is 0 Å². The van der Waals surface area contributed by atoms with E-state index in [9.17, 15) is 13.2 Å². The predicted octanol–water partition coefficient (Wildman–Crippen LogP) is 6.30. The summed E-state index contributed by atoms with van der Waals surface area (Å²) in [6, 6.07) is 13.8. The molecule has 6 nitrogen and oxygen atoms in total. The highest BCUT2D eigenvalue weighted by Crippen LogP contribution is 2.30. The molecule has 1 N–H and O–H groups in total. The Morgan fingerprint density at radius 2 is 1.78 bits per heavy atom. The first-order valence-electron chi connectivity index (χ1n) is 11.5. The molecule has 0 saturated carbocycles. The molecule has 2 aromatic carbocycles. The maximum Gasteiger partial charge on any atom is 0.573 e. The van der Waals surface area contributed by atoms with Gasteiger partial charge in [0.1, 0.15) is 12.4 Å². The molecular weight excluding hydrogens is 495 g/mol. The number of unbranched alkanes of at least 4 members (excludes halogenated alkanes) is 1. The predicted molar refractivity (Wildman–Crippen MR) is 132 cm³/mol. The molecule has 36 heavy (non-hydrogen) atoms. The van der Waals surface area contributed by atoms with Gasteiger partial charge in [-0.05, 0) is 55.3 Å². The van der Waals surface area contributed by atoms with Gasteiger partial charge in [0.05, 0.1) is 12.1 Å². The quantitative estimate of drug-likeness (QED) is 0.175. The lowest BCUT2D eigenvalue weighted by atomic mass is 10.1. The number of halogens is 4. The minimum absolute atomic E-state index is 0.188. The first-order valence-corrected chi connectivity index (χ1v) is 11.9. The average Bonchev–Trinajstić information content (AvgIpc) is 2.83. The van der Waals surface area contributed by atoms with Crippen molar-refractivity contribution >= 4 is 33.3 Å². The van der Waals surface area contributed by atoms with Crippen molar-refractivity contribution in [2.24, 2.45) is 0 Å². The van der Waals surface area contributed by atoms with Crippen LogP contribution in [0.5, 0.6) is 11.6 Å². The average molecular weight is 520 g/mol. The van der Waals surface area contributed by atoms with Crippen molar-refractivity contribution in [3.8, 4) is 11.6 Å². The van der Waals surface area contributed by atoms with Gasteiger partial charge in [0.2, 0.25) is 5.88 Å². The summed E-state index contributed by atoms with van der Waals surface area (Å²) in [7, 11) is 0. The van der Waals surface area contributed by atoms with Crippen LogP contribution in [0.2, 0.25) is 5.02 Å². The molecule has 2 heterocycles. The summed E-state index contributed by atoms with van der Waals surface area (Å²) < 4.78 is 52.7. The normalized spacial score (nSPS) is 11.8. The molecule has 0 amide bonds. The van der Waals surface area contributed by atoms with E-state index in [-0.39, 0.29) is 10.8 Å². The maximum atomic E-state index is 12.4. The van der Waals surface area contributed by atoms with Crippen LogP contribution >= 0.6 is 11.6 Å². The molecule has 0 unspecified atom stereocenters. The summed E-state index contributed by atoms with van der Waals surface area (Å²) in [6.07, 6.45) is 0.457. The smallest absolute Gasteiger partial charge is 0.475 e. The SMILES string of the molecule is FC(F)(F)Oc1cc(Cl)cc(CNCCCCOCCOc2nc3ccccc3c3cnccc23)c1. The van der Waals surface area contributed by atoms with Crippen LogP contribution in [0.1, 0.15) is 18.4 Å². The standard InChI is InChI=1S/C26H25ClF3N3O3/c27-19-13-18(14-20(15-19)36-26(28,29)30)16-31-8-3-4-10-34-11-12-35-25-22-7-9-32-17-23(22)21-5-1-2-6-24(21)33-25/h1-2,5-7,9,13-15,17,31H,3-4,8,10-12,16H2. The van der Waals surface area contributed by atoms with Gasteiger partial charge in [0.25, 0.3) is 0 Å². The van der Waals surface area contributed by atoms with Crippen molar-refractivity contribution in [1.29, 1.82) is 0 Å². The van der Waals surface area contributed by atoms with Crippen molar-refractivity contribution in [3.05, 3.63) is 71.5 Å². The van der Waals surface area contributed by atoms with Gasteiger partial charge < -0.3 is 19.5 Å². The van der Waals surface area contributed by atoms with Gasteiger partial charge in [0, 0.05) is 46.7 Å². The lowest BCUT2D eigenvalue weighted by Gasteiger charge is -2.12. The van der Waals surface area contributed by atoms with Gasteiger partial charge in [-0.2, -0.15) is 0 Å². The molecule has 4 aromatic rings. The number of ether oxygens (including phenoxy) is 3. The highest BCUT2D eigenvalue weighted by atomic mass is 35.5. The Labute approximate surface area is 211 Å². The van der Waals surface area contributed by atoms with E-state index in [1.165, 1.54) is 6.07 Å². The van der Waals surface area contributed by atoms with Crippen LogP contribution in [0, 0.1) is 0 Å². The monoisotopic (exact) mass is 519 g/mol. The van der Waals surface area contributed by atoms with Crippen molar-refractivity contribution in [3.63, 3.8) is 0 Å². The zero-order chi connectivity index (χ0) is 25.4. The van der Waals surface area contributed by atoms with Crippen LogP contribution in [-0.4, -0.2) is 42.7 Å². The highest BCUT2D eigenvalue weighted by molar-refractivity contribution is 6.30.